The van der Waals surface area contributed by atoms with Crippen molar-refractivity contribution < 1.29 is 22.3 Å². The molecule has 2 rings (SSSR count). The second-order valence-electron chi connectivity index (χ2n) is 5.10. The van der Waals surface area contributed by atoms with Crippen LogP contribution in [0.2, 0.25) is 0 Å². The van der Waals surface area contributed by atoms with Crippen LogP contribution in [0.4, 0.5) is 10.1 Å². The van der Waals surface area contributed by atoms with Gasteiger partial charge in [-0.2, -0.15) is 4.72 Å². The fourth-order valence-electron chi connectivity index (χ4n) is 1.92. The lowest BCUT2D eigenvalue weighted by Gasteiger charge is -2.06. The molecule has 136 valence electrons. The SMILES string of the molecule is CC(=O)Nc1ccc(S(=O)(=O)NCC#CCOc2ccccc2F)cc1. The number of para-hydroxylation sites is 1. The molecule has 0 aliphatic heterocycles. The summed E-state index contributed by atoms with van der Waals surface area (Å²) in [5.41, 5.74) is 0.501. The number of sulfonamides is 1. The van der Waals surface area contributed by atoms with E-state index < -0.39 is 15.8 Å². The van der Waals surface area contributed by atoms with Gasteiger partial charge in [0.1, 0.15) is 6.61 Å². The number of halogens is 1. The van der Waals surface area contributed by atoms with Crippen LogP contribution in [0.5, 0.6) is 5.75 Å². The molecule has 0 radical (unpaired) electrons. The minimum absolute atomic E-state index is 0.0519. The molecule has 0 aliphatic rings. The first kappa shape index (κ1) is 19.4. The Morgan fingerprint density at radius 2 is 1.81 bits per heavy atom. The van der Waals surface area contributed by atoms with Gasteiger partial charge >= 0.3 is 0 Å². The second-order valence-corrected chi connectivity index (χ2v) is 6.87. The Balaban J connectivity index is 1.85. The maximum absolute atomic E-state index is 13.3. The minimum atomic E-state index is -3.72. The van der Waals surface area contributed by atoms with Crippen LogP contribution in [0, 0.1) is 17.7 Å². The number of rotatable bonds is 6. The largest absolute Gasteiger partial charge is 0.478 e. The molecule has 2 aromatic carbocycles. The van der Waals surface area contributed by atoms with Crippen molar-refractivity contribution in [1.29, 1.82) is 0 Å². The van der Waals surface area contributed by atoms with E-state index in [0.717, 1.165) is 0 Å². The fraction of sp³-hybridized carbons (Fsp3) is 0.167. The van der Waals surface area contributed by atoms with E-state index in [1.54, 1.807) is 12.1 Å². The van der Waals surface area contributed by atoms with Crippen LogP contribution in [-0.2, 0) is 14.8 Å². The van der Waals surface area contributed by atoms with E-state index in [1.165, 1.54) is 43.3 Å². The van der Waals surface area contributed by atoms with Crippen LogP contribution in [0.25, 0.3) is 0 Å². The minimum Gasteiger partial charge on any atom is -0.478 e. The lowest BCUT2D eigenvalue weighted by atomic mass is 10.3. The molecule has 0 heterocycles. The smallest absolute Gasteiger partial charge is 0.241 e. The normalized spacial score (nSPS) is 10.5. The molecule has 1 amide bonds. The van der Waals surface area contributed by atoms with Crippen LogP contribution in [0.3, 0.4) is 0 Å². The maximum Gasteiger partial charge on any atom is 0.241 e. The molecular formula is C18H17FN2O4S. The topological polar surface area (TPSA) is 84.5 Å². The van der Waals surface area contributed by atoms with Gasteiger partial charge in [0, 0.05) is 12.6 Å². The summed E-state index contributed by atoms with van der Waals surface area (Å²) in [6, 6.07) is 11.7. The lowest BCUT2D eigenvalue weighted by molar-refractivity contribution is -0.114. The summed E-state index contributed by atoms with van der Waals surface area (Å²) in [5.74, 6) is 4.55. The van der Waals surface area contributed by atoms with E-state index in [4.69, 9.17) is 4.74 Å². The lowest BCUT2D eigenvalue weighted by Crippen LogP contribution is -2.24. The molecule has 2 aromatic rings. The molecule has 0 fully saturated rings. The first-order valence-corrected chi connectivity index (χ1v) is 9.07. The van der Waals surface area contributed by atoms with Gasteiger partial charge in [-0.05, 0) is 36.4 Å². The summed E-state index contributed by atoms with van der Waals surface area (Å²) in [6.45, 7) is 1.19. The van der Waals surface area contributed by atoms with E-state index in [2.05, 4.69) is 21.9 Å². The van der Waals surface area contributed by atoms with E-state index in [-0.39, 0.29) is 29.7 Å². The van der Waals surface area contributed by atoms with E-state index in [1.807, 2.05) is 0 Å². The zero-order valence-electron chi connectivity index (χ0n) is 14.0. The first-order chi connectivity index (χ1) is 12.4. The van der Waals surface area contributed by atoms with Gasteiger partial charge in [-0.15, -0.1) is 0 Å². The standard InChI is InChI=1S/C18H17FN2O4S/c1-14(22)21-15-8-10-16(11-9-15)26(23,24)20-12-4-5-13-25-18-7-3-2-6-17(18)19/h2-3,6-11,20H,12-13H2,1H3,(H,21,22). The number of amides is 1. The van der Waals surface area contributed by atoms with Crippen LogP contribution in [0.1, 0.15) is 6.92 Å². The van der Waals surface area contributed by atoms with Crippen molar-refractivity contribution in [3.05, 3.63) is 54.3 Å². The summed E-state index contributed by atoms with van der Waals surface area (Å²) in [6.07, 6.45) is 0. The average Bonchev–Trinajstić information content (AvgIpc) is 2.59. The van der Waals surface area contributed by atoms with Gasteiger partial charge in [0.05, 0.1) is 11.4 Å². The molecule has 2 N–H and O–H groups in total. The Bertz CT molecular complexity index is 932. The highest BCUT2D eigenvalue weighted by atomic mass is 32.2. The summed E-state index contributed by atoms with van der Waals surface area (Å²) >= 11 is 0. The number of carbonyl (C=O) groups is 1. The molecule has 6 nitrogen and oxygen atoms in total. The number of benzene rings is 2. The number of hydrogen-bond donors (Lipinski definition) is 2. The molecular weight excluding hydrogens is 359 g/mol. The number of nitrogens with one attached hydrogen (secondary N) is 2. The molecule has 0 aromatic heterocycles. The van der Waals surface area contributed by atoms with Crippen LogP contribution in [-0.4, -0.2) is 27.5 Å². The summed E-state index contributed by atoms with van der Waals surface area (Å²) in [4.78, 5) is 11.0. The molecule has 0 unspecified atom stereocenters. The molecule has 26 heavy (non-hydrogen) atoms. The monoisotopic (exact) mass is 376 g/mol. The summed E-state index contributed by atoms with van der Waals surface area (Å²) in [7, 11) is -3.72. The predicted octanol–water partition coefficient (Wildman–Crippen LogP) is 2.14. The highest BCUT2D eigenvalue weighted by molar-refractivity contribution is 7.89. The molecule has 0 atom stereocenters. The fourth-order valence-corrected chi connectivity index (χ4v) is 2.85. The summed E-state index contributed by atoms with van der Waals surface area (Å²) in [5, 5.41) is 2.55. The predicted molar refractivity (Wildman–Crippen MR) is 95.6 cm³/mol. The molecule has 0 saturated heterocycles. The Morgan fingerprint density at radius 1 is 1.12 bits per heavy atom. The van der Waals surface area contributed by atoms with Gasteiger partial charge in [-0.25, -0.2) is 12.8 Å². The van der Waals surface area contributed by atoms with E-state index in [9.17, 15) is 17.6 Å². The van der Waals surface area contributed by atoms with Crippen molar-refractivity contribution in [2.24, 2.45) is 0 Å². The average molecular weight is 376 g/mol. The zero-order valence-corrected chi connectivity index (χ0v) is 14.8. The zero-order chi connectivity index (χ0) is 19.0. The summed E-state index contributed by atoms with van der Waals surface area (Å²) < 4.78 is 45.0. The molecule has 8 heteroatoms. The van der Waals surface area contributed by atoms with Crippen molar-refractivity contribution in [2.75, 3.05) is 18.5 Å². The third-order valence-electron chi connectivity index (χ3n) is 3.10. The Kier molecular flexibility index (Phi) is 6.72. The van der Waals surface area contributed by atoms with Gasteiger partial charge in [0.25, 0.3) is 0 Å². The first-order valence-electron chi connectivity index (χ1n) is 7.59. The third-order valence-corrected chi connectivity index (χ3v) is 4.51. The van der Waals surface area contributed by atoms with Gasteiger partial charge in [0.15, 0.2) is 11.6 Å². The van der Waals surface area contributed by atoms with Crippen molar-refractivity contribution in [3.8, 4) is 17.6 Å². The van der Waals surface area contributed by atoms with Crippen molar-refractivity contribution in [1.82, 2.24) is 4.72 Å². The van der Waals surface area contributed by atoms with E-state index >= 15 is 0 Å². The third kappa shape index (κ3) is 5.88. The van der Waals surface area contributed by atoms with Gasteiger partial charge < -0.3 is 10.1 Å². The number of hydrogen-bond acceptors (Lipinski definition) is 4. The number of anilines is 1. The van der Waals surface area contributed by atoms with Crippen molar-refractivity contribution in [3.63, 3.8) is 0 Å². The van der Waals surface area contributed by atoms with Crippen LogP contribution < -0.4 is 14.8 Å². The van der Waals surface area contributed by atoms with Gasteiger partial charge in [-0.1, -0.05) is 24.0 Å². The quantitative estimate of drug-likeness (QED) is 0.757. The number of ether oxygens (including phenoxy) is 1. The molecule has 0 bridgehead atoms. The maximum atomic E-state index is 13.3. The van der Waals surface area contributed by atoms with Gasteiger partial charge in [0.2, 0.25) is 15.9 Å². The van der Waals surface area contributed by atoms with Gasteiger partial charge in [-0.3, -0.25) is 4.79 Å². The van der Waals surface area contributed by atoms with Crippen LogP contribution >= 0.6 is 0 Å². The molecule has 0 spiro atoms. The highest BCUT2D eigenvalue weighted by Gasteiger charge is 2.12. The van der Waals surface area contributed by atoms with Crippen LogP contribution in [0.15, 0.2) is 53.4 Å². The second kappa shape index (κ2) is 8.99. The van der Waals surface area contributed by atoms with Crippen molar-refractivity contribution >= 4 is 21.6 Å². The Hall–Kier alpha value is -2.89. The Morgan fingerprint density at radius 3 is 2.46 bits per heavy atom. The highest BCUT2D eigenvalue weighted by Crippen LogP contribution is 2.15. The molecule has 0 aliphatic carbocycles. The molecule has 0 saturated carbocycles. The van der Waals surface area contributed by atoms with E-state index in [0.29, 0.717) is 5.69 Å². The number of carbonyl (C=O) groups excluding carboxylic acids is 1. The Labute approximate surface area is 151 Å². The van der Waals surface area contributed by atoms with Crippen molar-refractivity contribution in [2.45, 2.75) is 11.8 Å².